The van der Waals surface area contributed by atoms with Gasteiger partial charge >= 0.3 is 12.0 Å². The highest BCUT2D eigenvalue weighted by atomic mass is 16.5. The second-order valence-corrected chi connectivity index (χ2v) is 5.83. The molecule has 1 fully saturated rings. The van der Waals surface area contributed by atoms with Crippen molar-refractivity contribution >= 4 is 12.0 Å². The topological polar surface area (TPSA) is 67.9 Å². The predicted molar refractivity (Wildman–Crippen MR) is 86.5 cm³/mol. The summed E-state index contributed by atoms with van der Waals surface area (Å²) in [5.41, 5.74) is 1.58. The Morgan fingerprint density at radius 3 is 2.39 bits per heavy atom. The zero-order chi connectivity index (χ0) is 16.8. The predicted octanol–water partition coefficient (Wildman–Crippen LogP) is 1.83. The van der Waals surface area contributed by atoms with Crippen molar-refractivity contribution in [3.8, 4) is 0 Å². The number of morpholine rings is 1. The van der Waals surface area contributed by atoms with Crippen molar-refractivity contribution in [1.82, 2.24) is 10.2 Å². The number of nitrogens with one attached hydrogen (secondary N) is 1. The fourth-order valence-electron chi connectivity index (χ4n) is 2.69. The molecule has 1 N–H and O–H groups in total. The van der Waals surface area contributed by atoms with E-state index in [4.69, 9.17) is 4.74 Å². The maximum absolute atomic E-state index is 12.2. The number of urea groups is 1. The molecule has 6 heteroatoms. The van der Waals surface area contributed by atoms with E-state index >= 15 is 0 Å². The molecule has 0 aliphatic carbocycles. The summed E-state index contributed by atoms with van der Waals surface area (Å²) < 4.78 is 10.3. The van der Waals surface area contributed by atoms with Crippen molar-refractivity contribution in [2.45, 2.75) is 32.5 Å². The van der Waals surface area contributed by atoms with E-state index in [-0.39, 0.29) is 24.2 Å². The summed E-state index contributed by atoms with van der Waals surface area (Å²) in [6, 6.07) is 7.15. The van der Waals surface area contributed by atoms with Crippen molar-refractivity contribution in [2.24, 2.45) is 0 Å². The van der Waals surface area contributed by atoms with Gasteiger partial charge in [-0.2, -0.15) is 0 Å². The van der Waals surface area contributed by atoms with Crippen LogP contribution in [0.25, 0.3) is 0 Å². The zero-order valence-corrected chi connectivity index (χ0v) is 13.9. The number of carbonyl (C=O) groups excluding carboxylic acids is 2. The molecular formula is C17H24N2O4. The largest absolute Gasteiger partial charge is 0.465 e. The first-order valence-electron chi connectivity index (χ1n) is 7.85. The van der Waals surface area contributed by atoms with Crippen LogP contribution in [0.5, 0.6) is 0 Å². The van der Waals surface area contributed by atoms with Crippen LogP contribution in [0.2, 0.25) is 0 Å². The smallest absolute Gasteiger partial charge is 0.337 e. The van der Waals surface area contributed by atoms with Crippen molar-refractivity contribution in [1.29, 1.82) is 0 Å². The number of nitrogens with zero attached hydrogens (tertiary/aromatic N) is 1. The van der Waals surface area contributed by atoms with Gasteiger partial charge in [-0.15, -0.1) is 0 Å². The number of rotatable bonds is 4. The standard InChI is InChI=1S/C17H24N2O4/c1-12-10-19(11-13(2)23-12)17(21)18-9-8-14-4-6-15(7-5-14)16(20)22-3/h4-7,12-13H,8-11H2,1-3H3,(H,18,21)/t12-,13-/m1/s1. The molecule has 0 spiro atoms. The van der Waals surface area contributed by atoms with Crippen LogP contribution in [0, 0.1) is 0 Å². The number of hydrogen-bond donors (Lipinski definition) is 1. The molecule has 126 valence electrons. The van der Waals surface area contributed by atoms with Crippen molar-refractivity contribution in [2.75, 3.05) is 26.7 Å². The SMILES string of the molecule is COC(=O)c1ccc(CCNC(=O)N2C[C@@H](C)O[C@H](C)C2)cc1. The second-order valence-electron chi connectivity index (χ2n) is 5.83. The van der Waals surface area contributed by atoms with Crippen LogP contribution < -0.4 is 5.32 Å². The second kappa shape index (κ2) is 7.97. The molecule has 1 aliphatic heterocycles. The Morgan fingerprint density at radius 1 is 1.22 bits per heavy atom. The summed E-state index contributed by atoms with van der Waals surface area (Å²) in [5, 5.41) is 2.93. The Balaban J connectivity index is 1.78. The number of esters is 1. The highest BCUT2D eigenvalue weighted by Gasteiger charge is 2.25. The van der Waals surface area contributed by atoms with Gasteiger partial charge in [0.25, 0.3) is 0 Å². The molecule has 1 saturated heterocycles. The van der Waals surface area contributed by atoms with E-state index in [1.807, 2.05) is 26.0 Å². The molecule has 2 atom stereocenters. The lowest BCUT2D eigenvalue weighted by Crippen LogP contribution is -2.51. The first-order valence-corrected chi connectivity index (χ1v) is 7.85. The lowest BCUT2D eigenvalue weighted by Gasteiger charge is -2.35. The highest BCUT2D eigenvalue weighted by Crippen LogP contribution is 2.10. The van der Waals surface area contributed by atoms with E-state index in [1.54, 1.807) is 17.0 Å². The summed E-state index contributed by atoms with van der Waals surface area (Å²) in [6.07, 6.45) is 0.841. The zero-order valence-electron chi connectivity index (χ0n) is 13.9. The van der Waals surface area contributed by atoms with Gasteiger partial charge in [-0.3, -0.25) is 0 Å². The van der Waals surface area contributed by atoms with E-state index in [9.17, 15) is 9.59 Å². The summed E-state index contributed by atoms with van der Waals surface area (Å²) >= 11 is 0. The van der Waals surface area contributed by atoms with Gasteiger partial charge in [-0.05, 0) is 38.0 Å². The van der Waals surface area contributed by atoms with E-state index in [1.165, 1.54) is 7.11 Å². The minimum absolute atomic E-state index is 0.0572. The molecule has 1 aromatic carbocycles. The van der Waals surface area contributed by atoms with E-state index < -0.39 is 0 Å². The molecule has 1 heterocycles. The summed E-state index contributed by atoms with van der Waals surface area (Å²) in [7, 11) is 1.36. The molecule has 6 nitrogen and oxygen atoms in total. The Hall–Kier alpha value is -2.08. The lowest BCUT2D eigenvalue weighted by atomic mass is 10.1. The number of methoxy groups -OCH3 is 1. The lowest BCUT2D eigenvalue weighted by molar-refractivity contribution is -0.0544. The van der Waals surface area contributed by atoms with Crippen LogP contribution >= 0.6 is 0 Å². The number of amides is 2. The van der Waals surface area contributed by atoms with Gasteiger partial charge in [0, 0.05) is 19.6 Å². The van der Waals surface area contributed by atoms with Crippen molar-refractivity contribution in [3.05, 3.63) is 35.4 Å². The number of ether oxygens (including phenoxy) is 2. The minimum Gasteiger partial charge on any atom is -0.465 e. The minimum atomic E-state index is -0.347. The number of carbonyl (C=O) groups is 2. The molecule has 0 aromatic heterocycles. The van der Waals surface area contributed by atoms with Gasteiger partial charge in [-0.25, -0.2) is 9.59 Å². The number of benzene rings is 1. The molecule has 0 saturated carbocycles. The molecule has 0 radical (unpaired) electrons. The van der Waals surface area contributed by atoms with Gasteiger partial charge in [-0.1, -0.05) is 12.1 Å². The fraction of sp³-hybridized carbons (Fsp3) is 0.529. The van der Waals surface area contributed by atoms with Crippen molar-refractivity contribution in [3.63, 3.8) is 0 Å². The van der Waals surface area contributed by atoms with E-state index in [2.05, 4.69) is 10.1 Å². The Bertz CT molecular complexity index is 534. The van der Waals surface area contributed by atoms with E-state index in [0.717, 1.165) is 5.56 Å². The van der Waals surface area contributed by atoms with Crippen molar-refractivity contribution < 1.29 is 19.1 Å². The van der Waals surface area contributed by atoms with Crippen LogP contribution in [-0.2, 0) is 15.9 Å². The van der Waals surface area contributed by atoms with E-state index in [0.29, 0.717) is 31.6 Å². The van der Waals surface area contributed by atoms with Crippen LogP contribution in [0.4, 0.5) is 4.79 Å². The van der Waals surface area contributed by atoms with Crippen LogP contribution in [0.3, 0.4) is 0 Å². The average molecular weight is 320 g/mol. The van der Waals surface area contributed by atoms with Gasteiger partial charge in [0.1, 0.15) is 0 Å². The average Bonchev–Trinajstić information content (AvgIpc) is 2.53. The molecule has 1 aliphatic rings. The normalized spacial score (nSPS) is 20.9. The fourth-order valence-corrected chi connectivity index (χ4v) is 2.69. The summed E-state index contributed by atoms with van der Waals surface area (Å²) in [4.78, 5) is 25.3. The Kier molecular flexibility index (Phi) is 5.98. The molecular weight excluding hydrogens is 296 g/mol. The van der Waals surface area contributed by atoms with Gasteiger partial charge in [0.2, 0.25) is 0 Å². The van der Waals surface area contributed by atoms with Crippen LogP contribution in [-0.4, -0.2) is 55.9 Å². The van der Waals surface area contributed by atoms with Crippen LogP contribution in [0.1, 0.15) is 29.8 Å². The molecule has 0 bridgehead atoms. The molecule has 2 rings (SSSR count). The first-order chi connectivity index (χ1) is 11.0. The quantitative estimate of drug-likeness (QED) is 0.860. The molecule has 23 heavy (non-hydrogen) atoms. The molecule has 2 amide bonds. The first kappa shape index (κ1) is 17.3. The van der Waals surface area contributed by atoms with Gasteiger partial charge in [0.15, 0.2) is 0 Å². The van der Waals surface area contributed by atoms with Crippen LogP contribution in [0.15, 0.2) is 24.3 Å². The third-order valence-corrected chi connectivity index (χ3v) is 3.77. The Labute approximate surface area is 136 Å². The monoisotopic (exact) mass is 320 g/mol. The Morgan fingerprint density at radius 2 is 1.83 bits per heavy atom. The summed E-state index contributed by atoms with van der Waals surface area (Å²) in [6.45, 7) is 5.72. The van der Waals surface area contributed by atoms with Gasteiger partial charge in [0.05, 0.1) is 24.9 Å². The maximum atomic E-state index is 12.2. The third-order valence-electron chi connectivity index (χ3n) is 3.77. The van der Waals surface area contributed by atoms with Gasteiger partial charge < -0.3 is 19.7 Å². The number of hydrogen-bond acceptors (Lipinski definition) is 4. The third kappa shape index (κ3) is 4.96. The highest BCUT2D eigenvalue weighted by molar-refractivity contribution is 5.89. The molecule has 1 aromatic rings. The molecule has 0 unspecified atom stereocenters. The summed E-state index contributed by atoms with van der Waals surface area (Å²) in [5.74, 6) is -0.347. The maximum Gasteiger partial charge on any atom is 0.337 e.